The first-order chi connectivity index (χ1) is 12.6. The van der Waals surface area contributed by atoms with E-state index in [1.807, 2.05) is 37.4 Å². The number of phenolic OH excluding ortho intramolecular Hbond substituents is 1. The van der Waals surface area contributed by atoms with Gasteiger partial charge in [-0.25, -0.2) is 0 Å². The van der Waals surface area contributed by atoms with Crippen LogP contribution in [0.4, 0.5) is 0 Å². The molecule has 2 aromatic rings. The van der Waals surface area contributed by atoms with Gasteiger partial charge in [-0.15, -0.1) is 0 Å². The monoisotopic (exact) mass is 352 g/mol. The quantitative estimate of drug-likeness (QED) is 0.884. The highest BCUT2D eigenvalue weighted by atomic mass is 16.5. The van der Waals surface area contributed by atoms with E-state index in [2.05, 4.69) is 16.8 Å². The number of phenols is 1. The van der Waals surface area contributed by atoms with Crippen LogP contribution >= 0.6 is 0 Å². The molecule has 1 aromatic heterocycles. The molecule has 1 aliphatic heterocycles. The Morgan fingerprint density at radius 3 is 2.42 bits per heavy atom. The lowest BCUT2D eigenvalue weighted by Crippen LogP contribution is -2.28. The maximum absolute atomic E-state index is 9.45. The molecule has 1 N–H and O–H groups in total. The van der Waals surface area contributed by atoms with Gasteiger partial charge in [-0.05, 0) is 67.3 Å². The van der Waals surface area contributed by atoms with Crippen molar-refractivity contribution in [2.75, 3.05) is 19.6 Å². The van der Waals surface area contributed by atoms with Crippen LogP contribution in [0.25, 0.3) is 0 Å². The Morgan fingerprint density at radius 2 is 1.81 bits per heavy atom. The maximum Gasteiger partial charge on any atom is 0.138 e. The number of nitrogens with zero attached hydrogens (tertiary/aromatic N) is 2. The molecule has 2 aliphatic rings. The van der Waals surface area contributed by atoms with Crippen molar-refractivity contribution in [3.05, 3.63) is 53.9 Å². The predicted octanol–water partition coefficient (Wildman–Crippen LogP) is 3.99. The normalized spacial score (nSPS) is 26.6. The van der Waals surface area contributed by atoms with Crippen LogP contribution in [0.15, 0.2) is 42.6 Å². The van der Waals surface area contributed by atoms with Gasteiger partial charge in [0.05, 0.1) is 12.3 Å². The first kappa shape index (κ1) is 17.3. The molecular formula is C22H28N2O2. The minimum Gasteiger partial charge on any atom is -0.508 e. The average Bonchev–Trinajstić information content (AvgIpc) is 3.15. The molecule has 0 spiro atoms. The van der Waals surface area contributed by atoms with Gasteiger partial charge in [-0.1, -0.05) is 19.1 Å². The lowest BCUT2D eigenvalue weighted by molar-refractivity contribution is 0.183. The molecule has 0 bridgehead atoms. The van der Waals surface area contributed by atoms with Gasteiger partial charge < -0.3 is 14.7 Å². The Balaban J connectivity index is 1.28. The molecule has 2 fully saturated rings. The maximum atomic E-state index is 9.45. The van der Waals surface area contributed by atoms with Crippen LogP contribution in [-0.4, -0.2) is 40.7 Å². The Labute approximate surface area is 155 Å². The molecule has 0 radical (unpaired) electrons. The number of aryl methyl sites for hydroxylation is 1. The van der Waals surface area contributed by atoms with E-state index in [1.165, 1.54) is 18.7 Å². The third-order valence-electron chi connectivity index (χ3n) is 5.96. The van der Waals surface area contributed by atoms with E-state index in [9.17, 15) is 5.11 Å². The van der Waals surface area contributed by atoms with Crippen molar-refractivity contribution >= 4 is 0 Å². The summed E-state index contributed by atoms with van der Waals surface area (Å²) in [5, 5.41) is 9.45. The zero-order chi connectivity index (χ0) is 18.1. The van der Waals surface area contributed by atoms with Crippen molar-refractivity contribution in [1.82, 2.24) is 9.88 Å². The summed E-state index contributed by atoms with van der Waals surface area (Å²) < 4.78 is 6.16. The van der Waals surface area contributed by atoms with Crippen LogP contribution in [0.2, 0.25) is 0 Å². The van der Waals surface area contributed by atoms with Gasteiger partial charge in [-0.2, -0.15) is 0 Å². The molecule has 4 nitrogen and oxygen atoms in total. The van der Waals surface area contributed by atoms with Gasteiger partial charge in [0, 0.05) is 25.3 Å². The summed E-state index contributed by atoms with van der Waals surface area (Å²) in [6, 6.07) is 11.7. The second kappa shape index (κ2) is 7.28. The van der Waals surface area contributed by atoms with Crippen LogP contribution in [-0.2, 0) is 0 Å². The smallest absolute Gasteiger partial charge is 0.138 e. The Morgan fingerprint density at radius 1 is 1.12 bits per heavy atom. The number of aromatic nitrogens is 1. The second-order valence-corrected chi connectivity index (χ2v) is 8.08. The van der Waals surface area contributed by atoms with Gasteiger partial charge in [0.25, 0.3) is 0 Å². The summed E-state index contributed by atoms with van der Waals surface area (Å²) in [5.74, 6) is 3.24. The van der Waals surface area contributed by atoms with E-state index in [-0.39, 0.29) is 0 Å². The first-order valence-electron chi connectivity index (χ1n) is 9.67. The number of pyridine rings is 1. The minimum absolute atomic E-state index is 0.339. The van der Waals surface area contributed by atoms with Crippen LogP contribution in [0, 0.1) is 18.8 Å². The molecule has 4 heteroatoms. The summed E-state index contributed by atoms with van der Waals surface area (Å²) in [7, 11) is 0. The van der Waals surface area contributed by atoms with Crippen molar-refractivity contribution < 1.29 is 9.84 Å². The molecule has 2 unspecified atom stereocenters. The molecule has 2 heterocycles. The van der Waals surface area contributed by atoms with Crippen molar-refractivity contribution in [3.8, 4) is 11.5 Å². The third kappa shape index (κ3) is 3.85. The van der Waals surface area contributed by atoms with Crippen LogP contribution in [0.1, 0.15) is 36.9 Å². The summed E-state index contributed by atoms with van der Waals surface area (Å²) in [6.45, 7) is 7.72. The van der Waals surface area contributed by atoms with Crippen LogP contribution in [0.3, 0.4) is 0 Å². The van der Waals surface area contributed by atoms with Gasteiger partial charge in [0.15, 0.2) is 0 Å². The molecule has 0 amide bonds. The molecule has 138 valence electrons. The fourth-order valence-corrected chi connectivity index (χ4v) is 4.60. The lowest BCUT2D eigenvalue weighted by Gasteiger charge is -2.23. The molecule has 1 saturated carbocycles. The van der Waals surface area contributed by atoms with E-state index in [1.54, 1.807) is 12.1 Å². The lowest BCUT2D eigenvalue weighted by atomic mass is 10.0. The van der Waals surface area contributed by atoms with Crippen molar-refractivity contribution in [2.45, 2.75) is 38.7 Å². The summed E-state index contributed by atoms with van der Waals surface area (Å²) >= 11 is 0. The zero-order valence-corrected chi connectivity index (χ0v) is 15.6. The van der Waals surface area contributed by atoms with Gasteiger partial charge in [-0.3, -0.25) is 4.98 Å². The number of fused-ring (bicyclic) bond motifs is 1. The van der Waals surface area contributed by atoms with Crippen molar-refractivity contribution in [1.29, 1.82) is 0 Å². The Bertz CT molecular complexity index is 715. The summed E-state index contributed by atoms with van der Waals surface area (Å²) in [6.07, 6.45) is 4.49. The standard InChI is InChI=1S/C22H28N2O2/c1-15(17-4-6-20(25)7-5-17)12-24-13-18-9-22(10-19(18)14-24)26-21-8-3-16(2)23-11-21/h3-8,11,15,18-19,22,25H,9-10,12-14H2,1-2H3/t15?,18-,19+,22?. The number of hydrogen-bond donors (Lipinski definition) is 1. The number of benzene rings is 1. The second-order valence-electron chi connectivity index (χ2n) is 8.08. The van der Waals surface area contributed by atoms with Crippen LogP contribution < -0.4 is 4.74 Å². The number of likely N-dealkylation sites (tertiary alicyclic amines) is 1. The van der Waals surface area contributed by atoms with E-state index in [4.69, 9.17) is 4.74 Å². The Hall–Kier alpha value is -2.07. The largest absolute Gasteiger partial charge is 0.508 e. The Kier molecular flexibility index (Phi) is 4.86. The average molecular weight is 352 g/mol. The van der Waals surface area contributed by atoms with Gasteiger partial charge >= 0.3 is 0 Å². The molecule has 1 aromatic carbocycles. The highest BCUT2D eigenvalue weighted by Crippen LogP contribution is 2.40. The number of aromatic hydroxyl groups is 1. The molecular weight excluding hydrogens is 324 g/mol. The van der Waals surface area contributed by atoms with Gasteiger partial charge in [0.2, 0.25) is 0 Å². The SMILES string of the molecule is Cc1ccc(OC2C[C@@H]3CN(CC(C)c4ccc(O)cc4)C[C@@H]3C2)cn1. The van der Waals surface area contributed by atoms with E-state index < -0.39 is 0 Å². The third-order valence-corrected chi connectivity index (χ3v) is 5.96. The molecule has 1 saturated heterocycles. The predicted molar refractivity (Wildman–Crippen MR) is 103 cm³/mol. The fraction of sp³-hybridized carbons (Fsp3) is 0.500. The van der Waals surface area contributed by atoms with Crippen molar-refractivity contribution in [2.24, 2.45) is 11.8 Å². The van der Waals surface area contributed by atoms with Crippen LogP contribution in [0.5, 0.6) is 11.5 Å². The molecule has 26 heavy (non-hydrogen) atoms. The summed E-state index contributed by atoms with van der Waals surface area (Å²) in [4.78, 5) is 6.93. The van der Waals surface area contributed by atoms with E-state index in [0.717, 1.165) is 42.7 Å². The molecule has 1 aliphatic carbocycles. The first-order valence-corrected chi connectivity index (χ1v) is 9.67. The summed E-state index contributed by atoms with van der Waals surface area (Å²) in [5.41, 5.74) is 2.33. The van der Waals surface area contributed by atoms with E-state index >= 15 is 0 Å². The number of rotatable bonds is 5. The minimum atomic E-state index is 0.339. The van der Waals surface area contributed by atoms with E-state index in [0.29, 0.717) is 17.8 Å². The zero-order valence-electron chi connectivity index (χ0n) is 15.6. The topological polar surface area (TPSA) is 45.6 Å². The number of hydrogen-bond acceptors (Lipinski definition) is 4. The molecule has 4 rings (SSSR count). The van der Waals surface area contributed by atoms with Crippen molar-refractivity contribution in [3.63, 3.8) is 0 Å². The molecule has 4 atom stereocenters. The highest BCUT2D eigenvalue weighted by Gasteiger charge is 2.41. The van der Waals surface area contributed by atoms with Gasteiger partial charge in [0.1, 0.15) is 11.5 Å². The number of ether oxygens (including phenoxy) is 1. The highest BCUT2D eigenvalue weighted by molar-refractivity contribution is 5.28. The fourth-order valence-electron chi connectivity index (χ4n) is 4.60.